The number of likely N-dealkylation sites (N-methyl/N-ethyl adjacent to an activating group) is 1. The SMILES string of the molecule is CN1[C@H](Cc2ccccc2)[C@@H]2C[C@@]3(C)[C@H](CCCC[C@@H]13)N2C(=O)c1ccnnc1. The minimum absolute atomic E-state index is 0.132. The molecule has 5 atom stereocenters. The molecule has 2 bridgehead atoms. The quantitative estimate of drug-likeness (QED) is 0.804. The third kappa shape index (κ3) is 2.98. The zero-order valence-corrected chi connectivity index (χ0v) is 17.4. The highest BCUT2D eigenvalue weighted by atomic mass is 16.2. The van der Waals surface area contributed by atoms with E-state index in [1.54, 1.807) is 12.4 Å². The molecule has 1 amide bonds. The summed E-state index contributed by atoms with van der Waals surface area (Å²) >= 11 is 0. The van der Waals surface area contributed by atoms with Gasteiger partial charge >= 0.3 is 0 Å². The summed E-state index contributed by atoms with van der Waals surface area (Å²) in [7, 11) is 2.30. The van der Waals surface area contributed by atoms with Gasteiger partial charge in [0.2, 0.25) is 0 Å². The van der Waals surface area contributed by atoms with Gasteiger partial charge in [-0.3, -0.25) is 9.69 Å². The molecule has 29 heavy (non-hydrogen) atoms. The highest BCUT2D eigenvalue weighted by molar-refractivity contribution is 5.94. The fourth-order valence-electron chi connectivity index (χ4n) is 6.55. The van der Waals surface area contributed by atoms with Gasteiger partial charge in [0.15, 0.2) is 0 Å². The molecule has 2 aromatic rings. The Balaban J connectivity index is 1.56. The molecular weight excluding hydrogens is 360 g/mol. The number of amides is 1. The van der Waals surface area contributed by atoms with Crippen LogP contribution in [0, 0.1) is 5.41 Å². The predicted octanol–water partition coefficient (Wildman–Crippen LogP) is 3.57. The molecule has 0 N–H and O–H groups in total. The van der Waals surface area contributed by atoms with Crippen LogP contribution in [0.4, 0.5) is 0 Å². The first-order chi connectivity index (χ1) is 14.1. The Labute approximate surface area is 173 Å². The standard InChI is InChI=1S/C24H30N4O/c1-24-15-20-19(14-17-8-4-3-5-9-17)27(2)21(24)10-6-7-11-22(24)28(20)23(29)18-12-13-25-26-16-18/h3-5,8-9,12-13,16,19-22H,6-7,10-11,14-15H2,1-2H3/t19-,20+,21-,22+,24-/m1/s1. The van der Waals surface area contributed by atoms with E-state index < -0.39 is 0 Å². The van der Waals surface area contributed by atoms with Gasteiger partial charge in [-0.25, -0.2) is 0 Å². The summed E-state index contributed by atoms with van der Waals surface area (Å²) in [5.41, 5.74) is 2.18. The van der Waals surface area contributed by atoms with Crippen LogP contribution in [0.3, 0.4) is 0 Å². The lowest BCUT2D eigenvalue weighted by molar-refractivity contribution is 0.0156. The van der Waals surface area contributed by atoms with E-state index in [-0.39, 0.29) is 17.4 Å². The molecule has 2 saturated heterocycles. The number of likely N-dealkylation sites (tertiary alicyclic amines) is 2. The maximum absolute atomic E-state index is 13.7. The predicted molar refractivity (Wildman–Crippen MR) is 112 cm³/mol. The van der Waals surface area contributed by atoms with Crippen molar-refractivity contribution in [2.24, 2.45) is 5.41 Å². The van der Waals surface area contributed by atoms with Crippen LogP contribution >= 0.6 is 0 Å². The van der Waals surface area contributed by atoms with Gasteiger partial charge in [-0.05, 0) is 44.4 Å². The van der Waals surface area contributed by atoms with Crippen LogP contribution in [0.2, 0.25) is 0 Å². The maximum Gasteiger partial charge on any atom is 0.256 e. The summed E-state index contributed by atoms with van der Waals surface area (Å²) in [6.45, 7) is 2.44. The third-order valence-electron chi connectivity index (χ3n) is 7.88. The van der Waals surface area contributed by atoms with Crippen molar-refractivity contribution in [2.45, 2.75) is 69.6 Å². The van der Waals surface area contributed by atoms with Crippen molar-refractivity contribution in [1.29, 1.82) is 0 Å². The van der Waals surface area contributed by atoms with Gasteiger partial charge in [-0.1, -0.05) is 50.1 Å². The van der Waals surface area contributed by atoms with Crippen molar-refractivity contribution < 1.29 is 4.79 Å². The molecule has 0 unspecified atom stereocenters. The number of rotatable bonds is 3. The molecule has 1 saturated carbocycles. The summed E-state index contributed by atoms with van der Waals surface area (Å²) in [6.07, 6.45) is 10.1. The Hall–Kier alpha value is -2.27. The molecule has 5 nitrogen and oxygen atoms in total. The second-order valence-electron chi connectivity index (χ2n) is 9.36. The van der Waals surface area contributed by atoms with Crippen LogP contribution in [-0.4, -0.2) is 57.1 Å². The van der Waals surface area contributed by atoms with Gasteiger partial charge in [0, 0.05) is 29.6 Å². The maximum atomic E-state index is 13.7. The lowest BCUT2D eigenvalue weighted by atomic mass is 9.69. The number of carbonyl (C=O) groups is 1. The van der Waals surface area contributed by atoms with Crippen LogP contribution in [-0.2, 0) is 6.42 Å². The highest BCUT2D eigenvalue weighted by Gasteiger charge is 2.62. The Morgan fingerprint density at radius 3 is 2.59 bits per heavy atom. The normalized spacial score (nSPS) is 34.1. The van der Waals surface area contributed by atoms with Crippen molar-refractivity contribution >= 4 is 5.91 Å². The van der Waals surface area contributed by atoms with E-state index in [0.29, 0.717) is 23.7 Å². The van der Waals surface area contributed by atoms with Gasteiger partial charge in [-0.2, -0.15) is 10.2 Å². The Bertz CT molecular complexity index is 873. The van der Waals surface area contributed by atoms with Crippen molar-refractivity contribution in [3.05, 3.63) is 59.9 Å². The smallest absolute Gasteiger partial charge is 0.256 e. The van der Waals surface area contributed by atoms with E-state index >= 15 is 0 Å². The molecule has 152 valence electrons. The zero-order chi connectivity index (χ0) is 20.0. The summed E-state index contributed by atoms with van der Waals surface area (Å²) in [5.74, 6) is 0.132. The fraction of sp³-hybridized carbons (Fsp3) is 0.542. The number of aromatic nitrogens is 2. The van der Waals surface area contributed by atoms with E-state index in [9.17, 15) is 4.79 Å². The third-order valence-corrected chi connectivity index (χ3v) is 7.88. The van der Waals surface area contributed by atoms with Crippen LogP contribution in [0.5, 0.6) is 0 Å². The van der Waals surface area contributed by atoms with Crippen LogP contribution in [0.15, 0.2) is 48.8 Å². The molecule has 0 spiro atoms. The van der Waals surface area contributed by atoms with Gasteiger partial charge in [0.1, 0.15) is 0 Å². The minimum atomic E-state index is 0.132. The van der Waals surface area contributed by atoms with Crippen LogP contribution < -0.4 is 0 Å². The zero-order valence-electron chi connectivity index (χ0n) is 17.4. The average Bonchev–Trinajstić information content (AvgIpc) is 2.89. The Kier molecular flexibility index (Phi) is 4.66. The molecule has 0 radical (unpaired) electrons. The first-order valence-corrected chi connectivity index (χ1v) is 10.9. The number of nitrogens with zero attached hydrogens (tertiary/aromatic N) is 4. The molecule has 3 heterocycles. The summed E-state index contributed by atoms with van der Waals surface area (Å²) in [5, 5.41) is 7.84. The van der Waals surface area contributed by atoms with Gasteiger partial charge in [0.25, 0.3) is 5.91 Å². The molecule has 5 heteroatoms. The Morgan fingerprint density at radius 1 is 1.10 bits per heavy atom. The second-order valence-corrected chi connectivity index (χ2v) is 9.36. The van der Waals surface area contributed by atoms with Crippen molar-refractivity contribution in [3.8, 4) is 0 Å². The van der Waals surface area contributed by atoms with Gasteiger partial charge in [-0.15, -0.1) is 0 Å². The van der Waals surface area contributed by atoms with Gasteiger partial charge in [0.05, 0.1) is 18.0 Å². The second kappa shape index (κ2) is 7.21. The first-order valence-electron chi connectivity index (χ1n) is 10.9. The number of hydrogen-bond acceptors (Lipinski definition) is 4. The van der Waals surface area contributed by atoms with E-state index in [1.807, 2.05) is 6.07 Å². The highest BCUT2D eigenvalue weighted by Crippen LogP contribution is 2.55. The molecule has 2 aliphatic heterocycles. The number of piperidine rings is 1. The lowest BCUT2D eigenvalue weighted by Gasteiger charge is -2.49. The van der Waals surface area contributed by atoms with E-state index in [0.717, 1.165) is 19.3 Å². The molecule has 1 aliphatic carbocycles. The topological polar surface area (TPSA) is 49.3 Å². The average molecular weight is 391 g/mol. The molecule has 1 aromatic heterocycles. The molecule has 3 fully saturated rings. The molecule has 1 aromatic carbocycles. The van der Waals surface area contributed by atoms with Crippen molar-refractivity contribution in [1.82, 2.24) is 20.0 Å². The summed E-state index contributed by atoms with van der Waals surface area (Å²) < 4.78 is 0. The largest absolute Gasteiger partial charge is 0.330 e. The number of fused-ring (bicyclic) bond motifs is 1. The summed E-state index contributed by atoms with van der Waals surface area (Å²) in [4.78, 5) is 18.6. The molecule has 3 aliphatic rings. The van der Waals surface area contributed by atoms with Crippen molar-refractivity contribution in [2.75, 3.05) is 7.05 Å². The first kappa shape index (κ1) is 18.7. The van der Waals surface area contributed by atoms with E-state index in [2.05, 4.69) is 64.3 Å². The Morgan fingerprint density at radius 2 is 1.86 bits per heavy atom. The van der Waals surface area contributed by atoms with Crippen LogP contribution in [0.25, 0.3) is 0 Å². The van der Waals surface area contributed by atoms with Gasteiger partial charge < -0.3 is 4.90 Å². The van der Waals surface area contributed by atoms with Crippen molar-refractivity contribution in [3.63, 3.8) is 0 Å². The fourth-order valence-corrected chi connectivity index (χ4v) is 6.55. The van der Waals surface area contributed by atoms with Crippen LogP contribution in [0.1, 0.15) is 54.9 Å². The minimum Gasteiger partial charge on any atom is -0.330 e. The molecular formula is C24H30N4O. The monoisotopic (exact) mass is 390 g/mol. The lowest BCUT2D eigenvalue weighted by Crippen LogP contribution is -2.58. The number of hydrogen-bond donors (Lipinski definition) is 0. The molecule has 5 rings (SSSR count). The van der Waals surface area contributed by atoms with E-state index in [4.69, 9.17) is 0 Å². The van der Waals surface area contributed by atoms with E-state index in [1.165, 1.54) is 24.8 Å². The number of benzene rings is 1. The number of carbonyl (C=O) groups excluding carboxylic acids is 1. The summed E-state index contributed by atoms with van der Waals surface area (Å²) in [6, 6.07) is 14.0.